The van der Waals surface area contributed by atoms with E-state index in [1.54, 1.807) is 14.1 Å². The molecule has 0 aromatic carbocycles. The minimum absolute atomic E-state index is 0. The summed E-state index contributed by atoms with van der Waals surface area (Å²) in [5.41, 5.74) is 0. The maximum absolute atomic E-state index is 11.2. The Morgan fingerprint density at radius 1 is 1.43 bits per heavy atom. The predicted octanol–water partition coefficient (Wildman–Crippen LogP) is -1.74. The molecule has 0 spiro atoms. The van der Waals surface area contributed by atoms with Gasteiger partial charge in [0.05, 0.1) is 6.54 Å². The number of nitrogens with one attached hydrogen (secondary N) is 1. The summed E-state index contributed by atoms with van der Waals surface area (Å²) in [6.07, 6.45) is 0. The van der Waals surface area contributed by atoms with Gasteiger partial charge in [-0.1, -0.05) is 0 Å². The number of carbonyl (C=O) groups excluding carboxylic acids is 1. The molecule has 78 valence electrons. The summed E-state index contributed by atoms with van der Waals surface area (Å²) in [6.45, 7) is 4.13. The van der Waals surface area contributed by atoms with E-state index in [1.807, 2.05) is 0 Å². The number of rotatable bonds is 3. The van der Waals surface area contributed by atoms with E-state index in [4.69, 9.17) is 4.84 Å². The average molecular weight is 227 g/mol. The van der Waals surface area contributed by atoms with Crippen LogP contribution in [0.5, 0.6) is 0 Å². The van der Waals surface area contributed by atoms with Crippen LogP contribution in [0.25, 0.3) is 0 Å². The standard InChI is InChI=1S/C8H17N3O2.K.H/c1-10(2)13-8(12)7-11-5-3-9-4-6-11;;/h9H,3-7H2,1-2H3;;. The normalized spacial score (nSPS) is 17.6. The van der Waals surface area contributed by atoms with Crippen molar-refractivity contribution in [2.24, 2.45) is 0 Å². The molecule has 14 heavy (non-hydrogen) atoms. The van der Waals surface area contributed by atoms with E-state index >= 15 is 0 Å². The fourth-order valence-electron chi connectivity index (χ4n) is 1.28. The number of hydrogen-bond acceptors (Lipinski definition) is 5. The van der Waals surface area contributed by atoms with E-state index in [2.05, 4.69) is 10.2 Å². The van der Waals surface area contributed by atoms with Crippen molar-refractivity contribution in [2.45, 2.75) is 0 Å². The second-order valence-electron chi connectivity index (χ2n) is 3.30. The van der Waals surface area contributed by atoms with Crippen LogP contribution < -0.4 is 5.32 Å². The van der Waals surface area contributed by atoms with E-state index < -0.39 is 0 Å². The molecule has 1 N–H and O–H groups in total. The second-order valence-corrected chi connectivity index (χ2v) is 3.30. The Morgan fingerprint density at radius 2 is 2.00 bits per heavy atom. The first kappa shape index (κ1) is 15.0. The Kier molecular flexibility index (Phi) is 8.75. The number of hydroxylamine groups is 2. The van der Waals surface area contributed by atoms with Gasteiger partial charge < -0.3 is 10.2 Å². The molecule has 0 amide bonds. The van der Waals surface area contributed by atoms with Crippen molar-refractivity contribution in [1.82, 2.24) is 15.3 Å². The molecule has 1 saturated heterocycles. The quantitative estimate of drug-likeness (QED) is 0.458. The summed E-state index contributed by atoms with van der Waals surface area (Å²) in [6, 6.07) is 0. The van der Waals surface area contributed by atoms with E-state index in [0.717, 1.165) is 26.2 Å². The summed E-state index contributed by atoms with van der Waals surface area (Å²) in [5, 5.41) is 4.65. The van der Waals surface area contributed by atoms with Gasteiger partial charge >= 0.3 is 57.4 Å². The van der Waals surface area contributed by atoms with Crippen molar-refractivity contribution < 1.29 is 9.63 Å². The van der Waals surface area contributed by atoms with Gasteiger partial charge in [0.2, 0.25) is 0 Å². The van der Waals surface area contributed by atoms with E-state index in [1.165, 1.54) is 5.06 Å². The first-order valence-electron chi connectivity index (χ1n) is 4.49. The van der Waals surface area contributed by atoms with Gasteiger partial charge in [0.1, 0.15) is 0 Å². The van der Waals surface area contributed by atoms with Gasteiger partial charge in [-0.3, -0.25) is 4.90 Å². The predicted molar refractivity (Wildman–Crippen MR) is 56.2 cm³/mol. The first-order chi connectivity index (χ1) is 6.18. The summed E-state index contributed by atoms with van der Waals surface area (Å²) in [4.78, 5) is 18.2. The van der Waals surface area contributed by atoms with Crippen LogP contribution in [-0.4, -0.2) is 114 Å². The second kappa shape index (κ2) is 8.17. The SMILES string of the molecule is CN(C)OC(=O)CN1CCNCC1.[KH]. The molecule has 0 unspecified atom stereocenters. The van der Waals surface area contributed by atoms with Gasteiger partial charge in [-0.2, -0.15) is 0 Å². The zero-order valence-corrected chi connectivity index (χ0v) is 8.25. The molecular formula is C8H18KN3O2. The van der Waals surface area contributed by atoms with E-state index in [0.29, 0.717) is 6.54 Å². The van der Waals surface area contributed by atoms with Gasteiger partial charge in [0.25, 0.3) is 0 Å². The van der Waals surface area contributed by atoms with Crippen LogP contribution in [0.2, 0.25) is 0 Å². The van der Waals surface area contributed by atoms with Gasteiger partial charge in [-0.05, 0) is 0 Å². The fraction of sp³-hybridized carbons (Fsp3) is 0.875. The molecule has 1 fully saturated rings. The van der Waals surface area contributed by atoms with Crippen LogP contribution in [0, 0.1) is 0 Å². The number of piperazine rings is 1. The minimum atomic E-state index is -0.188. The molecule has 5 nitrogen and oxygen atoms in total. The Hall–Kier alpha value is 0.986. The Balaban J connectivity index is 0.00000169. The van der Waals surface area contributed by atoms with Crippen LogP contribution in [0.3, 0.4) is 0 Å². The van der Waals surface area contributed by atoms with Crippen molar-refractivity contribution in [1.29, 1.82) is 0 Å². The molecule has 0 aromatic heterocycles. The third kappa shape index (κ3) is 6.47. The van der Waals surface area contributed by atoms with Gasteiger partial charge in [-0.25, -0.2) is 4.79 Å². The van der Waals surface area contributed by atoms with Gasteiger partial charge in [-0.15, -0.1) is 5.06 Å². The van der Waals surface area contributed by atoms with Crippen molar-refractivity contribution in [3.8, 4) is 0 Å². The molecule has 1 heterocycles. The third-order valence-electron chi connectivity index (χ3n) is 1.85. The summed E-state index contributed by atoms with van der Waals surface area (Å²) < 4.78 is 0. The monoisotopic (exact) mass is 227 g/mol. The van der Waals surface area contributed by atoms with Gasteiger partial charge in [0.15, 0.2) is 0 Å². The van der Waals surface area contributed by atoms with E-state index in [9.17, 15) is 4.79 Å². The van der Waals surface area contributed by atoms with Crippen LogP contribution in [0.4, 0.5) is 0 Å². The van der Waals surface area contributed by atoms with Crippen LogP contribution in [-0.2, 0) is 9.63 Å². The van der Waals surface area contributed by atoms with Crippen LogP contribution >= 0.6 is 0 Å². The molecule has 1 aliphatic rings. The number of nitrogens with zero attached hydrogens (tertiary/aromatic N) is 2. The summed E-state index contributed by atoms with van der Waals surface area (Å²) in [7, 11) is 3.41. The molecule has 1 aliphatic heterocycles. The Bertz CT molecular complexity index is 172. The summed E-state index contributed by atoms with van der Waals surface area (Å²) in [5.74, 6) is -0.188. The molecule has 0 radical (unpaired) electrons. The maximum atomic E-state index is 11.2. The van der Waals surface area contributed by atoms with Crippen LogP contribution in [0.15, 0.2) is 0 Å². The number of hydrogen-bond donors (Lipinski definition) is 1. The fourth-order valence-corrected chi connectivity index (χ4v) is 1.28. The van der Waals surface area contributed by atoms with Crippen molar-refractivity contribution in [2.75, 3.05) is 46.8 Å². The van der Waals surface area contributed by atoms with Crippen molar-refractivity contribution >= 4 is 57.4 Å². The molecule has 0 bridgehead atoms. The topological polar surface area (TPSA) is 44.8 Å². The molecule has 6 heteroatoms. The first-order valence-corrected chi connectivity index (χ1v) is 4.49. The third-order valence-corrected chi connectivity index (χ3v) is 1.85. The molecule has 1 rings (SSSR count). The van der Waals surface area contributed by atoms with Crippen LogP contribution in [0.1, 0.15) is 0 Å². The summed E-state index contributed by atoms with van der Waals surface area (Å²) >= 11 is 0. The number of carbonyl (C=O) groups is 1. The van der Waals surface area contributed by atoms with E-state index in [-0.39, 0.29) is 57.4 Å². The van der Waals surface area contributed by atoms with Crippen molar-refractivity contribution in [3.05, 3.63) is 0 Å². The Labute approximate surface area is 128 Å². The zero-order valence-electron chi connectivity index (χ0n) is 8.25. The average Bonchev–Trinajstić information content (AvgIpc) is 2.04. The molecular weight excluding hydrogens is 209 g/mol. The molecule has 0 atom stereocenters. The Morgan fingerprint density at radius 3 is 2.50 bits per heavy atom. The molecule has 0 saturated carbocycles. The molecule has 0 aromatic rings. The zero-order chi connectivity index (χ0) is 9.68. The van der Waals surface area contributed by atoms with Gasteiger partial charge in [0, 0.05) is 40.3 Å². The molecule has 0 aliphatic carbocycles. The van der Waals surface area contributed by atoms with Crippen molar-refractivity contribution in [3.63, 3.8) is 0 Å².